The summed E-state index contributed by atoms with van der Waals surface area (Å²) in [5, 5.41) is 5.92. The van der Waals surface area contributed by atoms with Crippen molar-refractivity contribution in [3.63, 3.8) is 0 Å². The van der Waals surface area contributed by atoms with Crippen LogP contribution in [-0.4, -0.2) is 26.9 Å². The van der Waals surface area contributed by atoms with Gasteiger partial charge < -0.3 is 9.72 Å². The third-order valence-electron chi connectivity index (χ3n) is 4.77. The van der Waals surface area contributed by atoms with Crippen LogP contribution in [0.1, 0.15) is 0 Å². The number of nitrogens with one attached hydrogen (secondary N) is 1. The Morgan fingerprint density at radius 1 is 0.964 bits per heavy atom. The molecule has 0 aliphatic heterocycles. The van der Waals surface area contributed by atoms with Crippen molar-refractivity contribution in [2.75, 3.05) is 7.11 Å². The number of hydrogen-bond donors (Lipinski definition) is 1. The first-order valence-electron chi connectivity index (χ1n) is 8.86. The Morgan fingerprint density at radius 2 is 1.75 bits per heavy atom. The van der Waals surface area contributed by atoms with Gasteiger partial charge in [-0.2, -0.15) is 9.78 Å². The number of hydrogen-bond acceptors (Lipinski definition) is 4. The Morgan fingerprint density at radius 3 is 2.50 bits per heavy atom. The highest BCUT2D eigenvalue weighted by Gasteiger charge is 2.19. The molecule has 0 amide bonds. The van der Waals surface area contributed by atoms with Crippen LogP contribution >= 0.6 is 0 Å². The van der Waals surface area contributed by atoms with Crippen LogP contribution < -0.4 is 10.2 Å². The highest BCUT2D eigenvalue weighted by molar-refractivity contribution is 5.99. The molecule has 6 heteroatoms. The minimum atomic E-state index is -0.0580. The van der Waals surface area contributed by atoms with Gasteiger partial charge >= 0.3 is 0 Å². The number of para-hydroxylation sites is 1. The number of H-pyrrole nitrogens is 1. The van der Waals surface area contributed by atoms with E-state index in [-0.39, 0.29) is 5.43 Å². The lowest BCUT2D eigenvalue weighted by Crippen LogP contribution is -2.06. The predicted octanol–water partition coefficient (Wildman–Crippen LogP) is 3.94. The topological polar surface area (TPSA) is 72.8 Å². The van der Waals surface area contributed by atoms with Gasteiger partial charge in [0.05, 0.1) is 18.0 Å². The van der Waals surface area contributed by atoms with Crippen molar-refractivity contribution in [3.05, 3.63) is 83.2 Å². The van der Waals surface area contributed by atoms with Crippen molar-refractivity contribution in [2.24, 2.45) is 0 Å². The van der Waals surface area contributed by atoms with Crippen LogP contribution in [0.25, 0.3) is 39.0 Å². The van der Waals surface area contributed by atoms with Gasteiger partial charge in [-0.25, -0.2) is 4.98 Å². The lowest BCUT2D eigenvalue weighted by Gasteiger charge is -2.03. The molecule has 136 valence electrons. The first-order chi connectivity index (χ1) is 13.8. The Hall–Kier alpha value is -3.93. The van der Waals surface area contributed by atoms with Gasteiger partial charge in [0.2, 0.25) is 5.43 Å². The van der Waals surface area contributed by atoms with E-state index < -0.39 is 0 Å². The monoisotopic (exact) mass is 368 g/mol. The zero-order valence-corrected chi connectivity index (χ0v) is 15.1. The van der Waals surface area contributed by atoms with E-state index in [4.69, 9.17) is 9.84 Å². The summed E-state index contributed by atoms with van der Waals surface area (Å²) in [6.45, 7) is 0. The fraction of sp³-hybridized carbons (Fsp3) is 0.0455. The Kier molecular flexibility index (Phi) is 3.69. The SMILES string of the molecule is COc1ccc(-c2nn(-c3ccccn3)c3[nH]c4ccccc4c(=O)c23)cc1. The first-order valence-corrected chi connectivity index (χ1v) is 8.86. The normalized spacial score (nSPS) is 11.2. The summed E-state index contributed by atoms with van der Waals surface area (Å²) in [5.74, 6) is 1.38. The van der Waals surface area contributed by atoms with E-state index in [1.165, 1.54) is 0 Å². The summed E-state index contributed by atoms with van der Waals surface area (Å²) in [7, 11) is 1.62. The van der Waals surface area contributed by atoms with Crippen LogP contribution in [0.2, 0.25) is 0 Å². The molecule has 28 heavy (non-hydrogen) atoms. The van der Waals surface area contributed by atoms with Gasteiger partial charge in [-0.05, 0) is 48.5 Å². The molecule has 0 bridgehead atoms. The molecular weight excluding hydrogens is 352 g/mol. The van der Waals surface area contributed by atoms with E-state index in [0.717, 1.165) is 16.8 Å². The average molecular weight is 368 g/mol. The second-order valence-electron chi connectivity index (χ2n) is 6.40. The molecule has 2 aromatic carbocycles. The molecule has 3 heterocycles. The van der Waals surface area contributed by atoms with E-state index in [1.807, 2.05) is 66.7 Å². The number of fused-ring (bicyclic) bond motifs is 2. The Labute approximate surface area is 160 Å². The predicted molar refractivity (Wildman–Crippen MR) is 109 cm³/mol. The molecule has 5 aromatic rings. The summed E-state index contributed by atoms with van der Waals surface area (Å²) in [4.78, 5) is 21.1. The standard InChI is InChI=1S/C22H16N4O2/c1-28-15-11-9-14(10-12-15)20-19-21(27)16-6-2-3-7-17(16)24-22(19)26(25-20)18-8-4-5-13-23-18/h2-13H,1H3,(H,24,27). The quantitative estimate of drug-likeness (QED) is 0.524. The van der Waals surface area contributed by atoms with Crippen molar-refractivity contribution in [3.8, 4) is 22.8 Å². The smallest absolute Gasteiger partial charge is 0.201 e. The molecule has 0 saturated heterocycles. The lowest BCUT2D eigenvalue weighted by molar-refractivity contribution is 0.415. The van der Waals surface area contributed by atoms with Crippen molar-refractivity contribution in [1.29, 1.82) is 0 Å². The van der Waals surface area contributed by atoms with Crippen molar-refractivity contribution >= 4 is 21.9 Å². The molecule has 0 atom stereocenters. The van der Waals surface area contributed by atoms with E-state index in [0.29, 0.717) is 27.9 Å². The number of aromatic amines is 1. The molecule has 5 rings (SSSR count). The average Bonchev–Trinajstić information content (AvgIpc) is 3.14. The highest BCUT2D eigenvalue weighted by Crippen LogP contribution is 2.29. The highest BCUT2D eigenvalue weighted by atomic mass is 16.5. The van der Waals surface area contributed by atoms with Gasteiger partial charge in [-0.3, -0.25) is 4.79 Å². The maximum absolute atomic E-state index is 13.3. The Balaban J connectivity index is 1.89. The maximum Gasteiger partial charge on any atom is 0.201 e. The zero-order valence-electron chi connectivity index (χ0n) is 15.1. The van der Waals surface area contributed by atoms with Gasteiger partial charge in [0.25, 0.3) is 0 Å². The van der Waals surface area contributed by atoms with Crippen molar-refractivity contribution in [2.45, 2.75) is 0 Å². The molecule has 3 aromatic heterocycles. The number of methoxy groups -OCH3 is 1. The fourth-order valence-electron chi connectivity index (χ4n) is 3.40. The molecule has 0 aliphatic carbocycles. The number of benzene rings is 2. The second-order valence-corrected chi connectivity index (χ2v) is 6.40. The molecule has 0 radical (unpaired) electrons. The summed E-state index contributed by atoms with van der Waals surface area (Å²) in [6.07, 6.45) is 1.70. The van der Waals surface area contributed by atoms with Gasteiger partial charge in [-0.1, -0.05) is 18.2 Å². The van der Waals surface area contributed by atoms with Crippen LogP contribution in [-0.2, 0) is 0 Å². The summed E-state index contributed by atoms with van der Waals surface area (Å²) >= 11 is 0. The van der Waals surface area contributed by atoms with Gasteiger partial charge in [0.1, 0.15) is 17.1 Å². The van der Waals surface area contributed by atoms with Gasteiger partial charge in [0, 0.05) is 17.1 Å². The number of pyridine rings is 2. The number of rotatable bonds is 3. The molecule has 0 aliphatic rings. The van der Waals surface area contributed by atoms with E-state index in [9.17, 15) is 4.79 Å². The molecule has 0 spiro atoms. The van der Waals surface area contributed by atoms with Crippen molar-refractivity contribution < 1.29 is 4.74 Å². The minimum absolute atomic E-state index is 0.0580. The van der Waals surface area contributed by atoms with Crippen LogP contribution in [0.3, 0.4) is 0 Å². The van der Waals surface area contributed by atoms with E-state index in [2.05, 4.69) is 9.97 Å². The summed E-state index contributed by atoms with van der Waals surface area (Å²) in [6, 6.07) is 20.6. The van der Waals surface area contributed by atoms with Gasteiger partial charge in [-0.15, -0.1) is 0 Å². The van der Waals surface area contributed by atoms with Crippen LogP contribution in [0, 0.1) is 0 Å². The summed E-state index contributed by atoms with van der Waals surface area (Å²) < 4.78 is 6.93. The van der Waals surface area contributed by atoms with Crippen LogP contribution in [0.5, 0.6) is 5.75 Å². The minimum Gasteiger partial charge on any atom is -0.497 e. The number of ether oxygens (including phenoxy) is 1. The Bertz CT molecular complexity index is 1350. The van der Waals surface area contributed by atoms with Crippen LogP contribution in [0.4, 0.5) is 0 Å². The number of aromatic nitrogens is 4. The molecular formula is C22H16N4O2. The number of nitrogens with zero attached hydrogens (tertiary/aromatic N) is 3. The second kappa shape index (κ2) is 6.35. The van der Waals surface area contributed by atoms with Gasteiger partial charge in [0.15, 0.2) is 5.82 Å². The largest absolute Gasteiger partial charge is 0.497 e. The zero-order chi connectivity index (χ0) is 19.1. The fourth-order valence-corrected chi connectivity index (χ4v) is 3.40. The molecule has 1 N–H and O–H groups in total. The lowest BCUT2D eigenvalue weighted by atomic mass is 10.1. The molecule has 0 unspecified atom stereocenters. The summed E-state index contributed by atoms with van der Waals surface area (Å²) in [5.41, 5.74) is 2.76. The molecule has 0 saturated carbocycles. The maximum atomic E-state index is 13.3. The van der Waals surface area contributed by atoms with E-state index in [1.54, 1.807) is 18.0 Å². The van der Waals surface area contributed by atoms with Crippen molar-refractivity contribution in [1.82, 2.24) is 19.7 Å². The first kappa shape index (κ1) is 16.3. The third-order valence-corrected chi connectivity index (χ3v) is 4.77. The van der Waals surface area contributed by atoms with Crippen LogP contribution in [0.15, 0.2) is 77.7 Å². The molecule has 6 nitrogen and oxygen atoms in total. The van der Waals surface area contributed by atoms with E-state index >= 15 is 0 Å². The molecule has 0 fully saturated rings. The third kappa shape index (κ3) is 2.46.